The van der Waals surface area contributed by atoms with Gasteiger partial charge in [0.05, 0.1) is 19.8 Å². The first-order valence-electron chi connectivity index (χ1n) is 34.4. The van der Waals surface area contributed by atoms with Crippen molar-refractivity contribution in [3.8, 4) is 5.75 Å². The lowest BCUT2D eigenvalue weighted by Gasteiger charge is -2.30. The van der Waals surface area contributed by atoms with E-state index in [0.717, 1.165) is 59.0 Å². The Bertz CT molecular complexity index is 3660. The highest BCUT2D eigenvalue weighted by molar-refractivity contribution is 5.96. The van der Waals surface area contributed by atoms with Crippen molar-refractivity contribution in [2.24, 2.45) is 0 Å². The van der Waals surface area contributed by atoms with E-state index >= 15 is 0 Å². The van der Waals surface area contributed by atoms with Gasteiger partial charge < -0.3 is 71.3 Å². The monoisotopic (exact) mass is 1370 g/mol. The van der Waals surface area contributed by atoms with Gasteiger partial charge in [-0.1, -0.05) is 80.4 Å². The SMILES string of the molecule is CCC(C)NC(=O)C1[C@@H]2CCN1C(=O)C(C)NC(=O)[C@@H](NC(=O)CNC(=O)[C@H](C)NC(=O)CCC(=O)N(CCCCCCn1cc(C)c3cc(F)ccc31)Cc1ccc(CCNC(=O)[C@@H]3CCCN3C(=O)[C@H](Cc3ccc(OC)cc3)NC=O)cc1)Cc1cccc(c1)CNC(=O)CO2. The maximum Gasteiger partial charge on any atom is 0.246 e. The van der Waals surface area contributed by atoms with Crippen molar-refractivity contribution in [1.82, 2.24) is 61.8 Å². The van der Waals surface area contributed by atoms with Crippen molar-refractivity contribution in [1.29, 1.82) is 0 Å². The second kappa shape index (κ2) is 36.7. The molecule has 532 valence electrons. The Morgan fingerprint density at radius 1 is 0.828 bits per heavy atom. The van der Waals surface area contributed by atoms with E-state index in [0.29, 0.717) is 75.0 Å². The molecule has 3 aliphatic rings. The summed E-state index contributed by atoms with van der Waals surface area (Å²) in [5, 5.41) is 22.7. The summed E-state index contributed by atoms with van der Waals surface area (Å²) in [5.41, 5.74) is 5.83. The maximum atomic E-state index is 14.1. The van der Waals surface area contributed by atoms with Crippen molar-refractivity contribution >= 4 is 76.4 Å². The molecule has 8 atom stereocenters. The van der Waals surface area contributed by atoms with Gasteiger partial charge in [0.25, 0.3) is 0 Å². The fourth-order valence-corrected chi connectivity index (χ4v) is 12.8. The summed E-state index contributed by atoms with van der Waals surface area (Å²) in [6, 6.07) is 20.3. The number of nitrogens with zero attached hydrogens (tertiary/aromatic N) is 4. The van der Waals surface area contributed by atoms with E-state index < -0.39 is 90.3 Å². The second-order valence-electron chi connectivity index (χ2n) is 25.9. The molecule has 0 saturated carbocycles. The lowest BCUT2D eigenvalue weighted by Crippen LogP contribution is -2.58. The van der Waals surface area contributed by atoms with Gasteiger partial charge in [-0.25, -0.2) is 4.39 Å². The Balaban J connectivity index is 0.836. The molecule has 2 fully saturated rings. The van der Waals surface area contributed by atoms with Crippen LogP contribution in [0.4, 0.5) is 4.39 Å². The summed E-state index contributed by atoms with van der Waals surface area (Å²) >= 11 is 0. The second-order valence-corrected chi connectivity index (χ2v) is 25.9. The highest BCUT2D eigenvalue weighted by Gasteiger charge is 2.45. The molecule has 8 rings (SSSR count). The highest BCUT2D eigenvalue weighted by atomic mass is 19.1. The molecule has 99 heavy (non-hydrogen) atoms. The van der Waals surface area contributed by atoms with E-state index in [1.54, 1.807) is 65.4 Å². The number of rotatable bonds is 30. The van der Waals surface area contributed by atoms with Crippen LogP contribution in [0.25, 0.3) is 10.9 Å². The first kappa shape index (κ1) is 75.1. The molecule has 0 radical (unpaired) electrons. The lowest BCUT2D eigenvalue weighted by atomic mass is 10.0. The topological polar surface area (TPSA) is 317 Å². The van der Waals surface area contributed by atoms with Gasteiger partial charge in [0, 0.05) is 94.6 Å². The first-order valence-corrected chi connectivity index (χ1v) is 34.4. The summed E-state index contributed by atoms with van der Waals surface area (Å²) in [5.74, 6) is -4.76. The summed E-state index contributed by atoms with van der Waals surface area (Å²) < 4.78 is 27.4. The van der Waals surface area contributed by atoms with Gasteiger partial charge in [0.1, 0.15) is 54.4 Å². The predicted molar refractivity (Wildman–Crippen MR) is 367 cm³/mol. The summed E-state index contributed by atoms with van der Waals surface area (Å²) in [4.78, 5) is 153. The molecule has 25 nitrogen and oxygen atoms in total. The molecular formula is C73H95FN12O13. The molecule has 3 unspecified atom stereocenters. The first-order chi connectivity index (χ1) is 47.6. The van der Waals surface area contributed by atoms with Crippen molar-refractivity contribution in [2.45, 2.75) is 186 Å². The normalized spacial score (nSPS) is 18.9. The average molecular weight is 1370 g/mol. The molecule has 26 heteroatoms. The van der Waals surface area contributed by atoms with Gasteiger partial charge in [-0.05, 0) is 136 Å². The van der Waals surface area contributed by atoms with E-state index in [1.165, 1.54) is 24.8 Å². The molecule has 4 bridgehead atoms. The van der Waals surface area contributed by atoms with Crippen molar-refractivity contribution in [3.05, 3.63) is 136 Å². The zero-order valence-electron chi connectivity index (χ0n) is 57.5. The Kier molecular flexibility index (Phi) is 27.9. The number of likely N-dealkylation sites (tertiary alicyclic amines) is 1. The summed E-state index contributed by atoms with van der Waals surface area (Å²) in [6.07, 6.45) is 7.18. The number of hydrogen-bond donors (Lipinski definition) is 8. The van der Waals surface area contributed by atoms with Gasteiger partial charge >= 0.3 is 0 Å². The number of fused-ring (bicyclic) bond motifs is 5. The van der Waals surface area contributed by atoms with Crippen LogP contribution in [-0.2, 0) is 96.4 Å². The van der Waals surface area contributed by atoms with Crippen LogP contribution >= 0.6 is 0 Å². The van der Waals surface area contributed by atoms with E-state index in [-0.39, 0.29) is 87.9 Å². The largest absolute Gasteiger partial charge is 0.497 e. The van der Waals surface area contributed by atoms with Crippen LogP contribution in [0.5, 0.6) is 5.75 Å². The van der Waals surface area contributed by atoms with Gasteiger partial charge in [0.15, 0.2) is 0 Å². The van der Waals surface area contributed by atoms with Crippen LogP contribution in [0, 0.1) is 12.7 Å². The Morgan fingerprint density at radius 2 is 1.57 bits per heavy atom. The number of aryl methyl sites for hydroxylation is 2. The van der Waals surface area contributed by atoms with Gasteiger partial charge in [-0.3, -0.25) is 52.7 Å². The van der Waals surface area contributed by atoms with Crippen molar-refractivity contribution < 1.29 is 66.6 Å². The quantitative estimate of drug-likeness (QED) is 0.0240. The zero-order valence-corrected chi connectivity index (χ0v) is 57.5. The fraction of sp³-hybridized carbons (Fsp3) is 0.493. The summed E-state index contributed by atoms with van der Waals surface area (Å²) in [7, 11) is 1.56. The Hall–Kier alpha value is -9.72. The molecule has 3 aliphatic heterocycles. The van der Waals surface area contributed by atoms with Crippen molar-refractivity contribution in [3.63, 3.8) is 0 Å². The number of nitrogens with one attached hydrogen (secondary N) is 8. The van der Waals surface area contributed by atoms with Crippen LogP contribution in [0.15, 0.2) is 97.2 Å². The van der Waals surface area contributed by atoms with Crippen LogP contribution < -0.4 is 47.3 Å². The lowest BCUT2D eigenvalue weighted by molar-refractivity contribution is -0.145. The molecule has 11 amide bonds. The minimum Gasteiger partial charge on any atom is -0.497 e. The number of aromatic nitrogens is 1. The Morgan fingerprint density at radius 3 is 2.31 bits per heavy atom. The predicted octanol–water partition coefficient (Wildman–Crippen LogP) is 3.86. The number of carbonyl (C=O) groups excluding carboxylic acids is 11. The van der Waals surface area contributed by atoms with Gasteiger partial charge in [-0.15, -0.1) is 0 Å². The van der Waals surface area contributed by atoms with Crippen molar-refractivity contribution in [2.75, 3.05) is 46.4 Å². The Labute approximate surface area is 577 Å². The molecule has 1 aromatic heterocycles. The molecular weight excluding hydrogens is 1270 g/mol. The molecule has 0 spiro atoms. The third-order valence-electron chi connectivity index (χ3n) is 18.5. The number of benzene rings is 4. The highest BCUT2D eigenvalue weighted by Crippen LogP contribution is 2.26. The fourth-order valence-electron chi connectivity index (χ4n) is 12.8. The number of unbranched alkanes of at least 4 members (excludes halogenated alkanes) is 3. The molecule has 8 N–H and O–H groups in total. The van der Waals surface area contributed by atoms with Gasteiger partial charge in [-0.2, -0.15) is 0 Å². The molecule has 5 aromatic rings. The third kappa shape index (κ3) is 21.6. The van der Waals surface area contributed by atoms with E-state index in [1.807, 2.05) is 63.4 Å². The molecule has 4 aromatic carbocycles. The number of methoxy groups -OCH3 is 1. The van der Waals surface area contributed by atoms with Crippen LogP contribution in [0.2, 0.25) is 0 Å². The molecule has 0 aliphatic carbocycles. The number of ether oxygens (including phenoxy) is 2. The molecule has 4 heterocycles. The van der Waals surface area contributed by atoms with Crippen LogP contribution in [0.3, 0.4) is 0 Å². The smallest absolute Gasteiger partial charge is 0.246 e. The van der Waals surface area contributed by atoms with Crippen LogP contribution in [-0.4, -0.2) is 180 Å². The number of carbonyl (C=O) groups is 11. The standard InChI is InChI=1S/C73H95FN12O13/c1-7-47(3)79-71(95)67-62-30-35-86(67)72(96)49(5)81-69(93)58(38-53-14-12-15-54(36-53)40-76-65(90)44-99-62)82-64(89)41-77-68(92)48(4)80-63(88)27-28-66(91)84(33-11-9-8-10-32-83-42-46(2)57-39-55(74)23-26-60(57)83)43-52-19-17-50(18-20-52)29-31-75-70(94)61-16-13-34-85(61)73(97)59(78-45-87)37-51-21-24-56(98-6)25-22-51/h12,14-15,17-26,36,39,42,45,47-49,58-59,61-62,67H,7-11,13,16,27-35,37-38,40-41,43-44H2,1-6H3,(H,75,94)(H,76,90)(H,77,92)(H,78,87)(H,79,95)(H,80,88)(H,81,93)(H,82,89)/t47?,48-,49?,58-,59-,61-,62-,67?/m0/s1. The minimum absolute atomic E-state index is 0.0514. The zero-order chi connectivity index (χ0) is 71.1. The molecule has 2 saturated heterocycles. The average Bonchev–Trinajstić information content (AvgIpc) is 1.69. The third-order valence-corrected chi connectivity index (χ3v) is 18.5. The number of amides is 11. The maximum absolute atomic E-state index is 14.1. The van der Waals surface area contributed by atoms with E-state index in [4.69, 9.17) is 9.47 Å². The van der Waals surface area contributed by atoms with E-state index in [2.05, 4.69) is 47.1 Å². The number of hydrogen-bond acceptors (Lipinski definition) is 13. The van der Waals surface area contributed by atoms with Gasteiger partial charge in [0.2, 0.25) is 65.5 Å². The minimum atomic E-state index is -1.26. The van der Waals surface area contributed by atoms with E-state index in [9.17, 15) is 57.1 Å². The summed E-state index contributed by atoms with van der Waals surface area (Å²) in [6.45, 7) is 9.92. The number of halogens is 1. The van der Waals surface area contributed by atoms with Crippen LogP contribution in [0.1, 0.15) is 125 Å².